The summed E-state index contributed by atoms with van der Waals surface area (Å²) in [4.78, 5) is 10.7. The SMILES string of the molecule is O=C1NNN(c2ccc(C(F)(F)F)cc2)N1. The Morgan fingerprint density at radius 2 is 1.75 bits per heavy atom. The Bertz CT molecular complexity index is 403. The maximum Gasteiger partial charge on any atom is 0.416 e. The van der Waals surface area contributed by atoms with E-state index in [1.807, 2.05) is 0 Å². The number of amides is 2. The number of urea groups is 1. The molecule has 1 aromatic rings. The van der Waals surface area contributed by atoms with Crippen LogP contribution in [0.25, 0.3) is 0 Å². The topological polar surface area (TPSA) is 56.4 Å². The second-order valence-electron chi connectivity index (χ2n) is 3.06. The molecule has 1 aliphatic rings. The Kier molecular flexibility index (Phi) is 2.35. The van der Waals surface area contributed by atoms with E-state index in [1.54, 1.807) is 0 Å². The average molecular weight is 232 g/mol. The van der Waals surface area contributed by atoms with Crippen LogP contribution in [0.5, 0.6) is 0 Å². The number of carbonyl (C=O) groups excluding carboxylic acids is 1. The van der Waals surface area contributed by atoms with Crippen molar-refractivity contribution in [3.8, 4) is 0 Å². The molecule has 2 rings (SSSR count). The highest BCUT2D eigenvalue weighted by Gasteiger charge is 2.30. The van der Waals surface area contributed by atoms with Crippen LogP contribution in [0.15, 0.2) is 24.3 Å². The zero-order chi connectivity index (χ0) is 11.8. The molecule has 0 aromatic heterocycles. The van der Waals surface area contributed by atoms with Gasteiger partial charge in [-0.2, -0.15) is 18.3 Å². The third kappa shape index (κ3) is 2.01. The number of nitrogens with one attached hydrogen (secondary N) is 3. The van der Waals surface area contributed by atoms with E-state index in [4.69, 9.17) is 0 Å². The van der Waals surface area contributed by atoms with Crippen molar-refractivity contribution in [1.82, 2.24) is 16.4 Å². The highest BCUT2D eigenvalue weighted by Crippen LogP contribution is 2.30. The zero-order valence-electron chi connectivity index (χ0n) is 7.80. The van der Waals surface area contributed by atoms with E-state index in [2.05, 4.69) is 16.4 Å². The molecule has 86 valence electrons. The third-order valence-electron chi connectivity index (χ3n) is 1.95. The fourth-order valence-electron chi connectivity index (χ4n) is 1.19. The van der Waals surface area contributed by atoms with Crippen molar-refractivity contribution in [3.05, 3.63) is 29.8 Å². The summed E-state index contributed by atoms with van der Waals surface area (Å²) in [7, 11) is 0. The number of nitrogens with zero attached hydrogens (tertiary/aromatic N) is 1. The summed E-state index contributed by atoms with van der Waals surface area (Å²) in [6.07, 6.45) is -4.36. The third-order valence-corrected chi connectivity index (χ3v) is 1.95. The summed E-state index contributed by atoms with van der Waals surface area (Å²) >= 11 is 0. The Balaban J connectivity index is 2.17. The van der Waals surface area contributed by atoms with Crippen molar-refractivity contribution in [2.24, 2.45) is 0 Å². The van der Waals surface area contributed by atoms with E-state index >= 15 is 0 Å². The number of carbonyl (C=O) groups is 1. The monoisotopic (exact) mass is 232 g/mol. The van der Waals surface area contributed by atoms with Crippen molar-refractivity contribution in [2.45, 2.75) is 6.18 Å². The number of hydrazine groups is 3. The van der Waals surface area contributed by atoms with Crippen molar-refractivity contribution < 1.29 is 18.0 Å². The van der Waals surface area contributed by atoms with Gasteiger partial charge in [-0.15, -0.1) is 5.53 Å². The van der Waals surface area contributed by atoms with Gasteiger partial charge >= 0.3 is 12.2 Å². The van der Waals surface area contributed by atoms with Crippen LogP contribution in [0.1, 0.15) is 5.56 Å². The van der Waals surface area contributed by atoms with Crippen LogP contribution < -0.4 is 21.5 Å². The molecule has 8 heteroatoms. The van der Waals surface area contributed by atoms with E-state index in [0.717, 1.165) is 12.1 Å². The molecule has 0 unspecified atom stereocenters. The van der Waals surface area contributed by atoms with E-state index in [-0.39, 0.29) is 0 Å². The van der Waals surface area contributed by atoms with Crippen LogP contribution in [0, 0.1) is 0 Å². The number of benzene rings is 1. The molecule has 1 fully saturated rings. The first-order valence-electron chi connectivity index (χ1n) is 4.26. The van der Waals surface area contributed by atoms with Crippen LogP contribution in [0.2, 0.25) is 0 Å². The molecule has 2 amide bonds. The van der Waals surface area contributed by atoms with Gasteiger partial charge in [0.2, 0.25) is 0 Å². The molecule has 0 bridgehead atoms. The number of hydrogen-bond acceptors (Lipinski definition) is 3. The first-order valence-corrected chi connectivity index (χ1v) is 4.26. The first kappa shape index (κ1) is 10.6. The number of rotatable bonds is 1. The van der Waals surface area contributed by atoms with Crippen LogP contribution in [0.4, 0.5) is 23.7 Å². The van der Waals surface area contributed by atoms with Crippen LogP contribution in [-0.4, -0.2) is 6.03 Å². The van der Waals surface area contributed by atoms with Gasteiger partial charge < -0.3 is 0 Å². The summed E-state index contributed by atoms with van der Waals surface area (Å²) in [6, 6.07) is 3.86. The lowest BCUT2D eigenvalue weighted by atomic mass is 10.2. The number of alkyl halides is 3. The van der Waals surface area contributed by atoms with E-state index in [1.165, 1.54) is 17.3 Å². The normalized spacial score (nSPS) is 15.9. The molecule has 1 saturated heterocycles. The standard InChI is InChI=1S/C8H7F3N4O/c9-8(10,11)5-1-3-6(4-2-5)15-13-7(16)12-14-15/h1-4,14H,(H2,12,13,16). The fraction of sp³-hybridized carbons (Fsp3) is 0.125. The molecule has 1 heterocycles. The first-order chi connectivity index (χ1) is 7.47. The molecule has 16 heavy (non-hydrogen) atoms. The quantitative estimate of drug-likeness (QED) is 0.681. The highest BCUT2D eigenvalue weighted by atomic mass is 19.4. The van der Waals surface area contributed by atoms with Gasteiger partial charge in [-0.25, -0.2) is 10.2 Å². The van der Waals surface area contributed by atoms with Gasteiger partial charge in [0.25, 0.3) is 0 Å². The smallest absolute Gasteiger partial charge is 0.252 e. The minimum absolute atomic E-state index is 0.381. The second-order valence-corrected chi connectivity index (χ2v) is 3.06. The Labute approximate surface area is 88.1 Å². The lowest BCUT2D eigenvalue weighted by Crippen LogP contribution is -2.40. The molecule has 1 aliphatic heterocycles. The highest BCUT2D eigenvalue weighted by molar-refractivity contribution is 5.77. The Hall–Kier alpha value is -1.96. The molecule has 0 radical (unpaired) electrons. The predicted octanol–water partition coefficient (Wildman–Crippen LogP) is 1.16. The molecular weight excluding hydrogens is 225 g/mol. The summed E-state index contributed by atoms with van der Waals surface area (Å²) in [5, 5.41) is 1.17. The maximum atomic E-state index is 12.2. The van der Waals surface area contributed by atoms with Gasteiger partial charge in [0.1, 0.15) is 0 Å². The zero-order valence-corrected chi connectivity index (χ0v) is 7.80. The summed E-state index contributed by atoms with van der Waals surface area (Å²) in [5.74, 6) is 0. The number of anilines is 1. The molecule has 3 N–H and O–H groups in total. The Morgan fingerprint density at radius 1 is 1.12 bits per heavy atom. The van der Waals surface area contributed by atoms with Crippen molar-refractivity contribution in [2.75, 3.05) is 5.12 Å². The average Bonchev–Trinajstić information content (AvgIpc) is 2.64. The number of hydrogen-bond donors (Lipinski definition) is 3. The van der Waals surface area contributed by atoms with Gasteiger partial charge in [0.05, 0.1) is 11.3 Å². The van der Waals surface area contributed by atoms with Crippen molar-refractivity contribution in [3.63, 3.8) is 0 Å². The minimum atomic E-state index is -4.36. The maximum absolute atomic E-state index is 12.2. The largest absolute Gasteiger partial charge is 0.416 e. The lowest BCUT2D eigenvalue weighted by molar-refractivity contribution is -0.137. The molecule has 1 aromatic carbocycles. The second kappa shape index (κ2) is 3.56. The van der Waals surface area contributed by atoms with Gasteiger partial charge in [-0.3, -0.25) is 5.43 Å². The Morgan fingerprint density at radius 3 is 2.19 bits per heavy atom. The van der Waals surface area contributed by atoms with E-state index < -0.39 is 17.8 Å². The van der Waals surface area contributed by atoms with Gasteiger partial charge in [0, 0.05) is 0 Å². The molecule has 0 saturated carbocycles. The van der Waals surface area contributed by atoms with E-state index in [9.17, 15) is 18.0 Å². The molecule has 0 aliphatic carbocycles. The molecule has 0 atom stereocenters. The summed E-state index contributed by atoms with van der Waals surface area (Å²) in [5.41, 5.74) is 6.60. The predicted molar refractivity (Wildman–Crippen MR) is 48.7 cm³/mol. The van der Waals surface area contributed by atoms with Gasteiger partial charge in [-0.05, 0) is 24.3 Å². The minimum Gasteiger partial charge on any atom is -0.252 e. The van der Waals surface area contributed by atoms with Crippen molar-refractivity contribution >= 4 is 11.7 Å². The molecule has 5 nitrogen and oxygen atoms in total. The van der Waals surface area contributed by atoms with Gasteiger partial charge in [0.15, 0.2) is 0 Å². The fourth-order valence-corrected chi connectivity index (χ4v) is 1.19. The summed E-state index contributed by atoms with van der Waals surface area (Å²) < 4.78 is 36.7. The molecular formula is C8H7F3N4O. The lowest BCUT2D eigenvalue weighted by Gasteiger charge is -2.15. The van der Waals surface area contributed by atoms with Crippen molar-refractivity contribution in [1.29, 1.82) is 0 Å². The van der Waals surface area contributed by atoms with Crippen LogP contribution in [0.3, 0.4) is 0 Å². The summed E-state index contributed by atoms with van der Waals surface area (Å²) in [6.45, 7) is 0. The van der Waals surface area contributed by atoms with Crippen LogP contribution in [-0.2, 0) is 6.18 Å². The van der Waals surface area contributed by atoms with Gasteiger partial charge in [-0.1, -0.05) is 0 Å². The number of halogens is 3. The van der Waals surface area contributed by atoms with Crippen LogP contribution >= 0.6 is 0 Å². The van der Waals surface area contributed by atoms with E-state index in [0.29, 0.717) is 5.69 Å². The molecule has 0 spiro atoms.